The van der Waals surface area contributed by atoms with Gasteiger partial charge in [0.1, 0.15) is 0 Å². The van der Waals surface area contributed by atoms with Gasteiger partial charge in [0.15, 0.2) is 5.69 Å². The van der Waals surface area contributed by atoms with Crippen LogP contribution in [0.25, 0.3) is 5.69 Å². The van der Waals surface area contributed by atoms with E-state index in [4.69, 9.17) is 11.6 Å². The molecule has 1 N–H and O–H groups in total. The van der Waals surface area contributed by atoms with Gasteiger partial charge in [0.25, 0.3) is 5.91 Å². The lowest BCUT2D eigenvalue weighted by molar-refractivity contribution is 0.0675. The molecular weight excluding hydrogens is 373 g/mol. The van der Waals surface area contributed by atoms with Crippen molar-refractivity contribution in [2.75, 3.05) is 7.05 Å². The average Bonchev–Trinajstić information content (AvgIpc) is 3.16. The molecule has 1 amide bonds. The predicted molar refractivity (Wildman–Crippen MR) is 103 cm³/mol. The summed E-state index contributed by atoms with van der Waals surface area (Å²) < 4.78 is 1.63. The second kappa shape index (κ2) is 7.55. The molecule has 2 unspecified atom stereocenters. The van der Waals surface area contributed by atoms with Gasteiger partial charge in [0.2, 0.25) is 0 Å². The molecule has 2 saturated heterocycles. The SMILES string of the molecule is Cc1c(C(=O)N(C)C2CC3CCC(C2)N3)nnn1-c1ccccc1Cl.Cl. The number of para-hydroxylation sites is 1. The smallest absolute Gasteiger partial charge is 0.276 e. The van der Waals surface area contributed by atoms with Crippen molar-refractivity contribution in [3.8, 4) is 5.69 Å². The molecule has 6 nitrogen and oxygen atoms in total. The molecule has 1 aromatic heterocycles. The minimum atomic E-state index is -0.0675. The van der Waals surface area contributed by atoms with Crippen LogP contribution in [0.15, 0.2) is 24.3 Å². The van der Waals surface area contributed by atoms with Crippen LogP contribution in [-0.4, -0.2) is 51.0 Å². The topological polar surface area (TPSA) is 63.1 Å². The van der Waals surface area contributed by atoms with Crippen LogP contribution in [0, 0.1) is 6.92 Å². The monoisotopic (exact) mass is 395 g/mol. The van der Waals surface area contributed by atoms with Crippen molar-refractivity contribution >= 4 is 29.9 Å². The molecule has 4 rings (SSSR count). The quantitative estimate of drug-likeness (QED) is 0.867. The van der Waals surface area contributed by atoms with Crippen molar-refractivity contribution in [1.82, 2.24) is 25.2 Å². The summed E-state index contributed by atoms with van der Waals surface area (Å²) in [6.45, 7) is 1.86. The third-order valence-corrected chi connectivity index (χ3v) is 5.81. The predicted octanol–water partition coefficient (Wildman–Crippen LogP) is 3.01. The minimum Gasteiger partial charge on any atom is -0.337 e. The minimum absolute atomic E-state index is 0. The fourth-order valence-electron chi connectivity index (χ4n) is 4.06. The number of hydrogen-bond acceptors (Lipinski definition) is 4. The zero-order valence-electron chi connectivity index (χ0n) is 14.9. The van der Waals surface area contributed by atoms with Crippen molar-refractivity contribution in [3.63, 3.8) is 0 Å². The number of rotatable bonds is 3. The normalized spacial score (nSPS) is 24.2. The average molecular weight is 396 g/mol. The van der Waals surface area contributed by atoms with E-state index in [0.717, 1.165) is 18.5 Å². The van der Waals surface area contributed by atoms with E-state index in [1.54, 1.807) is 10.7 Å². The standard InChI is InChI=1S/C18H22ClN5O.ClH/c1-11-17(21-22-24(11)16-6-4-3-5-15(16)19)18(25)23(2)14-9-12-7-8-13(10-14)20-12;/h3-6,12-14,20H,7-10H2,1-2H3;1H. The summed E-state index contributed by atoms with van der Waals surface area (Å²) in [6, 6.07) is 8.77. The van der Waals surface area contributed by atoms with Crippen molar-refractivity contribution in [2.45, 2.75) is 50.7 Å². The lowest BCUT2D eigenvalue weighted by Crippen LogP contribution is -2.48. The molecule has 3 heterocycles. The zero-order valence-corrected chi connectivity index (χ0v) is 16.4. The number of hydrogen-bond donors (Lipinski definition) is 1. The van der Waals surface area contributed by atoms with Crippen molar-refractivity contribution in [3.05, 3.63) is 40.7 Å². The van der Waals surface area contributed by atoms with E-state index < -0.39 is 0 Å². The maximum atomic E-state index is 13.0. The van der Waals surface area contributed by atoms with Gasteiger partial charge >= 0.3 is 0 Å². The third-order valence-electron chi connectivity index (χ3n) is 5.49. The number of aromatic nitrogens is 3. The fraction of sp³-hybridized carbons (Fsp3) is 0.500. The summed E-state index contributed by atoms with van der Waals surface area (Å²) >= 11 is 6.25. The Bertz CT molecular complexity index is 797. The number of fused-ring (bicyclic) bond motifs is 2. The van der Waals surface area contributed by atoms with E-state index >= 15 is 0 Å². The first-order chi connectivity index (χ1) is 12.0. The van der Waals surface area contributed by atoms with Crippen molar-refractivity contribution in [2.24, 2.45) is 0 Å². The number of carbonyl (C=O) groups is 1. The first kappa shape index (κ1) is 19.1. The number of piperidine rings is 1. The number of nitrogens with one attached hydrogen (secondary N) is 1. The van der Waals surface area contributed by atoms with Crippen LogP contribution in [0.2, 0.25) is 5.02 Å². The summed E-state index contributed by atoms with van der Waals surface area (Å²) in [5, 5.41) is 12.5. The zero-order chi connectivity index (χ0) is 17.6. The molecule has 2 atom stereocenters. The number of halogens is 2. The van der Waals surface area contributed by atoms with E-state index in [0.29, 0.717) is 28.5 Å². The summed E-state index contributed by atoms with van der Waals surface area (Å²) in [4.78, 5) is 14.8. The van der Waals surface area contributed by atoms with Crippen LogP contribution in [0.3, 0.4) is 0 Å². The third kappa shape index (κ3) is 3.33. The highest BCUT2D eigenvalue weighted by Crippen LogP contribution is 2.30. The Morgan fingerprint density at radius 1 is 1.27 bits per heavy atom. The highest BCUT2D eigenvalue weighted by Gasteiger charge is 2.37. The van der Waals surface area contributed by atoms with E-state index in [9.17, 15) is 4.79 Å². The Balaban J connectivity index is 0.00000196. The largest absolute Gasteiger partial charge is 0.337 e. The van der Waals surface area contributed by atoms with Gasteiger partial charge in [0, 0.05) is 25.2 Å². The highest BCUT2D eigenvalue weighted by molar-refractivity contribution is 6.32. The molecule has 2 aliphatic heterocycles. The lowest BCUT2D eigenvalue weighted by Gasteiger charge is -2.35. The molecule has 0 radical (unpaired) electrons. The van der Waals surface area contributed by atoms with Crippen molar-refractivity contribution < 1.29 is 4.79 Å². The molecule has 2 aliphatic rings. The molecule has 2 bridgehead atoms. The molecule has 8 heteroatoms. The van der Waals surface area contributed by atoms with E-state index in [2.05, 4.69) is 15.6 Å². The van der Waals surface area contributed by atoms with Crippen LogP contribution in [-0.2, 0) is 0 Å². The van der Waals surface area contributed by atoms with Gasteiger partial charge in [-0.15, -0.1) is 17.5 Å². The number of benzene rings is 1. The lowest BCUT2D eigenvalue weighted by atomic mass is 9.98. The van der Waals surface area contributed by atoms with Crippen LogP contribution in [0.1, 0.15) is 41.9 Å². The van der Waals surface area contributed by atoms with Crippen molar-refractivity contribution in [1.29, 1.82) is 0 Å². The Morgan fingerprint density at radius 2 is 1.92 bits per heavy atom. The van der Waals surface area contributed by atoms with Crippen LogP contribution in [0.4, 0.5) is 0 Å². The summed E-state index contributed by atoms with van der Waals surface area (Å²) in [6.07, 6.45) is 4.45. The second-order valence-corrected chi connectivity index (χ2v) is 7.47. The fourth-order valence-corrected chi connectivity index (χ4v) is 4.27. The molecule has 26 heavy (non-hydrogen) atoms. The Morgan fingerprint density at radius 3 is 2.58 bits per heavy atom. The molecule has 0 saturated carbocycles. The van der Waals surface area contributed by atoms with E-state index in [1.165, 1.54) is 12.8 Å². The Hall–Kier alpha value is -1.63. The van der Waals surface area contributed by atoms with E-state index in [1.807, 2.05) is 37.1 Å². The van der Waals surface area contributed by atoms with Crippen LogP contribution < -0.4 is 5.32 Å². The number of carbonyl (C=O) groups excluding carboxylic acids is 1. The van der Waals surface area contributed by atoms with Gasteiger partial charge < -0.3 is 10.2 Å². The molecule has 2 fully saturated rings. The maximum Gasteiger partial charge on any atom is 0.276 e. The molecule has 1 aromatic carbocycles. The summed E-state index contributed by atoms with van der Waals surface area (Å²) in [5.74, 6) is -0.0675. The van der Waals surface area contributed by atoms with E-state index in [-0.39, 0.29) is 24.4 Å². The van der Waals surface area contributed by atoms with Gasteiger partial charge in [-0.05, 0) is 44.7 Å². The second-order valence-electron chi connectivity index (χ2n) is 7.07. The molecule has 0 spiro atoms. The Kier molecular flexibility index (Phi) is 5.55. The van der Waals surface area contributed by atoms with Gasteiger partial charge in [-0.25, -0.2) is 4.68 Å². The van der Waals surface area contributed by atoms with Crippen LogP contribution >= 0.6 is 24.0 Å². The summed E-state index contributed by atoms with van der Waals surface area (Å²) in [7, 11) is 1.88. The first-order valence-corrected chi connectivity index (χ1v) is 9.13. The molecule has 2 aromatic rings. The maximum absolute atomic E-state index is 13.0. The van der Waals surface area contributed by atoms with Gasteiger partial charge in [-0.3, -0.25) is 4.79 Å². The Labute approximate surface area is 164 Å². The molecule has 140 valence electrons. The number of amides is 1. The molecular formula is C18H23Cl2N5O. The first-order valence-electron chi connectivity index (χ1n) is 8.75. The van der Waals surface area contributed by atoms with Gasteiger partial charge in [-0.1, -0.05) is 28.9 Å². The van der Waals surface area contributed by atoms with Gasteiger partial charge in [-0.2, -0.15) is 0 Å². The molecule has 0 aliphatic carbocycles. The van der Waals surface area contributed by atoms with Gasteiger partial charge in [0.05, 0.1) is 16.4 Å². The number of nitrogens with zero attached hydrogens (tertiary/aromatic N) is 4. The highest BCUT2D eigenvalue weighted by atomic mass is 35.5. The van der Waals surface area contributed by atoms with Crippen LogP contribution in [0.5, 0.6) is 0 Å². The summed E-state index contributed by atoms with van der Waals surface area (Å²) in [5.41, 5.74) is 1.84.